The van der Waals surface area contributed by atoms with Crippen molar-refractivity contribution in [3.05, 3.63) is 0 Å². The Labute approximate surface area is 176 Å². The van der Waals surface area contributed by atoms with Crippen LogP contribution in [0.2, 0.25) is 0 Å². The highest BCUT2D eigenvalue weighted by molar-refractivity contribution is 6.08. The van der Waals surface area contributed by atoms with Gasteiger partial charge in [-0.25, -0.2) is 0 Å². The average molecular weight is 403 g/mol. The number of hydrogen-bond acceptors (Lipinski definition) is 0. The molecule has 0 aliphatic rings. The summed E-state index contributed by atoms with van der Waals surface area (Å²) < 4.78 is 1.20. The molecule has 0 aromatic heterocycles. The van der Waals surface area contributed by atoms with E-state index in [0.29, 0.717) is 0 Å². The molecule has 0 fully saturated rings. The SMILES string of the molecule is CCCCCCCCCCCCCCCCCC[N+](C)(C[Si])CCC.[Cl-]. The maximum atomic E-state index is 3.74. The molecule has 0 N–H and O–H groups in total. The van der Waals surface area contributed by atoms with Gasteiger partial charge in [0.05, 0.1) is 26.3 Å². The molecule has 0 spiro atoms. The van der Waals surface area contributed by atoms with Gasteiger partial charge in [-0.1, -0.05) is 104 Å². The normalized spacial score (nSPS) is 13.4. The number of hydrogen-bond donors (Lipinski definition) is 0. The van der Waals surface area contributed by atoms with Crippen molar-refractivity contribution in [3.63, 3.8) is 0 Å². The fourth-order valence-corrected chi connectivity index (χ4v) is 4.17. The van der Waals surface area contributed by atoms with Gasteiger partial charge in [0.2, 0.25) is 0 Å². The number of quaternary nitrogens is 1. The summed E-state index contributed by atoms with van der Waals surface area (Å²) in [6, 6.07) is 0. The summed E-state index contributed by atoms with van der Waals surface area (Å²) in [5.74, 6) is 0. The van der Waals surface area contributed by atoms with Crippen molar-refractivity contribution in [2.45, 2.75) is 123 Å². The molecule has 0 aliphatic carbocycles. The van der Waals surface area contributed by atoms with Gasteiger partial charge in [0, 0.05) is 0 Å². The van der Waals surface area contributed by atoms with Crippen LogP contribution < -0.4 is 12.4 Å². The summed E-state index contributed by atoms with van der Waals surface area (Å²) in [5.41, 5.74) is 0. The van der Waals surface area contributed by atoms with Crippen molar-refractivity contribution in [1.82, 2.24) is 0 Å². The van der Waals surface area contributed by atoms with E-state index in [0.717, 1.165) is 6.17 Å². The number of unbranched alkanes of at least 4 members (excludes halogenated alkanes) is 15. The molecule has 0 heterocycles. The van der Waals surface area contributed by atoms with Gasteiger partial charge >= 0.3 is 0 Å². The highest BCUT2D eigenvalue weighted by atomic mass is 35.5. The van der Waals surface area contributed by atoms with Crippen LogP contribution in [0, 0.1) is 0 Å². The van der Waals surface area contributed by atoms with Crippen molar-refractivity contribution < 1.29 is 16.9 Å². The molecule has 0 saturated carbocycles. The summed E-state index contributed by atoms with van der Waals surface area (Å²) in [5, 5.41) is 0. The minimum absolute atomic E-state index is 0. The lowest BCUT2D eigenvalue weighted by molar-refractivity contribution is -0.899. The second-order valence-corrected chi connectivity index (χ2v) is 8.84. The molecule has 1 unspecified atom stereocenters. The van der Waals surface area contributed by atoms with Gasteiger partial charge < -0.3 is 16.9 Å². The van der Waals surface area contributed by atoms with Crippen LogP contribution in [-0.4, -0.2) is 41.0 Å². The molecule has 0 aromatic carbocycles. The van der Waals surface area contributed by atoms with Crippen molar-refractivity contribution in [2.75, 3.05) is 26.3 Å². The predicted molar refractivity (Wildman–Crippen MR) is 116 cm³/mol. The average Bonchev–Trinajstić information content (AvgIpc) is 2.61. The zero-order chi connectivity index (χ0) is 18.6. The molecule has 3 radical (unpaired) electrons. The molecular formula is C23H49ClNSi. The number of rotatable bonds is 20. The van der Waals surface area contributed by atoms with Crippen LogP contribution in [0.3, 0.4) is 0 Å². The van der Waals surface area contributed by atoms with Gasteiger partial charge in [-0.2, -0.15) is 0 Å². The molecule has 0 bridgehead atoms. The molecule has 0 saturated heterocycles. The van der Waals surface area contributed by atoms with E-state index in [2.05, 4.69) is 31.1 Å². The van der Waals surface area contributed by atoms with Crippen LogP contribution in [0.25, 0.3) is 0 Å². The van der Waals surface area contributed by atoms with Crippen LogP contribution in [0.1, 0.15) is 123 Å². The van der Waals surface area contributed by atoms with Crippen LogP contribution >= 0.6 is 0 Å². The van der Waals surface area contributed by atoms with E-state index in [-0.39, 0.29) is 12.4 Å². The van der Waals surface area contributed by atoms with E-state index in [1.54, 1.807) is 0 Å². The summed E-state index contributed by atoms with van der Waals surface area (Å²) in [6.07, 6.45) is 25.7. The van der Waals surface area contributed by atoms with Crippen LogP contribution in [0.15, 0.2) is 0 Å². The first-order valence-corrected chi connectivity index (χ1v) is 12.4. The van der Waals surface area contributed by atoms with Gasteiger partial charge in [0.15, 0.2) is 0 Å². The third-order valence-corrected chi connectivity index (χ3v) is 6.46. The van der Waals surface area contributed by atoms with Gasteiger partial charge in [0.25, 0.3) is 0 Å². The lowest BCUT2D eigenvalue weighted by Gasteiger charge is -2.33. The molecule has 0 aromatic rings. The van der Waals surface area contributed by atoms with Gasteiger partial charge in [-0.15, -0.1) is 0 Å². The van der Waals surface area contributed by atoms with Gasteiger partial charge in [-0.3, -0.25) is 0 Å². The fraction of sp³-hybridized carbons (Fsp3) is 1.00. The smallest absolute Gasteiger partial charge is 0.107 e. The summed E-state index contributed by atoms with van der Waals surface area (Å²) in [4.78, 5) is 0. The van der Waals surface area contributed by atoms with E-state index in [1.807, 2.05) is 0 Å². The third kappa shape index (κ3) is 19.2. The Kier molecular flexibility index (Phi) is 24.0. The second kappa shape index (κ2) is 21.8. The van der Waals surface area contributed by atoms with Gasteiger partial charge in [-0.05, 0) is 19.3 Å². The van der Waals surface area contributed by atoms with E-state index < -0.39 is 0 Å². The summed E-state index contributed by atoms with van der Waals surface area (Å²) in [6.45, 7) is 7.25. The number of halogens is 1. The predicted octanol–water partition coefficient (Wildman–Crippen LogP) is 4.23. The molecule has 0 amide bonds. The fourth-order valence-electron chi connectivity index (χ4n) is 3.85. The van der Waals surface area contributed by atoms with Crippen molar-refractivity contribution in [1.29, 1.82) is 0 Å². The zero-order valence-corrected chi connectivity index (χ0v) is 20.2. The Balaban J connectivity index is 0. The standard InChI is InChI=1S/C23H49NSi.ClH/c1-4-6-7-8-9-10-11-12-13-14-15-16-17-18-19-20-22-24(3,23-25)21-5-2;/h4-23H2,1-3H3;1H/q+1;/p-1. The highest BCUT2D eigenvalue weighted by Gasteiger charge is 2.16. The first kappa shape index (κ1) is 28.7. The Morgan fingerprint density at radius 1 is 0.500 bits per heavy atom. The highest BCUT2D eigenvalue weighted by Crippen LogP contribution is 2.14. The minimum Gasteiger partial charge on any atom is -1.00 e. The lowest BCUT2D eigenvalue weighted by Crippen LogP contribution is -3.00. The monoisotopic (exact) mass is 402 g/mol. The number of nitrogens with zero attached hydrogens (tertiary/aromatic N) is 1. The Hall–Kier alpha value is 0.467. The molecule has 26 heavy (non-hydrogen) atoms. The van der Waals surface area contributed by atoms with Crippen molar-refractivity contribution in [2.24, 2.45) is 0 Å². The molecule has 1 atom stereocenters. The molecular weight excluding hydrogens is 354 g/mol. The first-order chi connectivity index (χ1) is 12.2. The maximum absolute atomic E-state index is 3.74. The third-order valence-electron chi connectivity index (χ3n) is 5.70. The largest absolute Gasteiger partial charge is 1.00 e. The quantitative estimate of drug-likeness (QED) is 0.162. The minimum atomic E-state index is 0. The van der Waals surface area contributed by atoms with E-state index in [4.69, 9.17) is 0 Å². The van der Waals surface area contributed by atoms with Gasteiger partial charge in [0.1, 0.15) is 10.2 Å². The van der Waals surface area contributed by atoms with Crippen LogP contribution in [-0.2, 0) is 0 Å². The molecule has 1 nitrogen and oxygen atoms in total. The topological polar surface area (TPSA) is 0 Å². The molecule has 0 aliphatic heterocycles. The second-order valence-electron chi connectivity index (χ2n) is 8.53. The first-order valence-electron chi connectivity index (χ1n) is 11.7. The lowest BCUT2D eigenvalue weighted by atomic mass is 10.0. The van der Waals surface area contributed by atoms with E-state index in [9.17, 15) is 0 Å². The molecule has 0 rings (SSSR count). The van der Waals surface area contributed by atoms with Crippen molar-refractivity contribution >= 4 is 10.2 Å². The summed E-state index contributed by atoms with van der Waals surface area (Å²) >= 11 is 0. The Morgan fingerprint density at radius 3 is 1.15 bits per heavy atom. The molecule has 157 valence electrons. The maximum Gasteiger partial charge on any atom is 0.107 e. The zero-order valence-electron chi connectivity index (χ0n) is 18.5. The Morgan fingerprint density at radius 2 is 0.846 bits per heavy atom. The summed E-state index contributed by atoms with van der Waals surface area (Å²) in [7, 11) is 6.13. The Bertz CT molecular complexity index is 263. The van der Waals surface area contributed by atoms with E-state index >= 15 is 0 Å². The van der Waals surface area contributed by atoms with Crippen LogP contribution in [0.4, 0.5) is 0 Å². The van der Waals surface area contributed by atoms with Crippen LogP contribution in [0.5, 0.6) is 0 Å². The van der Waals surface area contributed by atoms with E-state index in [1.165, 1.54) is 127 Å². The van der Waals surface area contributed by atoms with Crippen molar-refractivity contribution in [3.8, 4) is 0 Å². The molecule has 3 heteroatoms.